The van der Waals surface area contributed by atoms with Crippen molar-refractivity contribution in [1.82, 2.24) is 5.32 Å². The normalized spacial score (nSPS) is 11.5. The van der Waals surface area contributed by atoms with Gasteiger partial charge in [-0.05, 0) is 19.2 Å². The van der Waals surface area contributed by atoms with Crippen LogP contribution in [0, 0.1) is 11.6 Å². The minimum Gasteiger partial charge on any atom is -0.313 e. The number of likely N-dealkylation sites (N-methyl/N-ethyl adjacent to an activating group) is 1. The van der Waals surface area contributed by atoms with Crippen LogP contribution in [-0.4, -0.2) is 34.0 Å². The second-order valence-electron chi connectivity index (χ2n) is 3.49. The van der Waals surface area contributed by atoms with Gasteiger partial charge in [-0.25, -0.2) is 17.2 Å². The average molecular weight is 263 g/mol. The number of ketones is 1. The Bertz CT molecular complexity index is 555. The summed E-state index contributed by atoms with van der Waals surface area (Å²) in [5.74, 6) is -2.89. The summed E-state index contributed by atoms with van der Waals surface area (Å²) < 4.78 is 49.3. The quantitative estimate of drug-likeness (QED) is 0.815. The first-order chi connectivity index (χ1) is 7.77. The third-order valence-electron chi connectivity index (χ3n) is 2.04. The number of hydrogen-bond acceptors (Lipinski definition) is 4. The van der Waals surface area contributed by atoms with E-state index in [1.54, 1.807) is 0 Å². The number of rotatable bonds is 4. The highest BCUT2D eigenvalue weighted by molar-refractivity contribution is 7.90. The Balaban J connectivity index is 3.44. The van der Waals surface area contributed by atoms with Crippen LogP contribution in [0.1, 0.15) is 10.4 Å². The smallest absolute Gasteiger partial charge is 0.179 e. The first-order valence-corrected chi connectivity index (χ1v) is 6.53. The molecule has 17 heavy (non-hydrogen) atoms. The average Bonchev–Trinajstić information content (AvgIpc) is 2.19. The van der Waals surface area contributed by atoms with Crippen molar-refractivity contribution in [2.24, 2.45) is 0 Å². The predicted molar refractivity (Wildman–Crippen MR) is 57.7 cm³/mol. The highest BCUT2D eigenvalue weighted by Gasteiger charge is 2.22. The van der Waals surface area contributed by atoms with E-state index >= 15 is 0 Å². The zero-order chi connectivity index (χ0) is 13.2. The van der Waals surface area contributed by atoms with Crippen LogP contribution in [0.15, 0.2) is 17.0 Å². The number of halogens is 2. The van der Waals surface area contributed by atoms with Gasteiger partial charge < -0.3 is 5.32 Å². The first-order valence-electron chi connectivity index (χ1n) is 4.64. The summed E-state index contributed by atoms with van der Waals surface area (Å²) in [5, 5.41) is 2.48. The SMILES string of the molecule is CNCC(=O)c1cc(F)cc(S(C)(=O)=O)c1F. The summed E-state index contributed by atoms with van der Waals surface area (Å²) in [4.78, 5) is 10.6. The Hall–Kier alpha value is -1.34. The van der Waals surface area contributed by atoms with E-state index in [2.05, 4.69) is 5.32 Å². The molecule has 0 aliphatic rings. The predicted octanol–water partition coefficient (Wildman–Crippen LogP) is 0.770. The van der Waals surface area contributed by atoms with Crippen LogP contribution in [0.2, 0.25) is 0 Å². The van der Waals surface area contributed by atoms with Crippen molar-refractivity contribution >= 4 is 15.6 Å². The lowest BCUT2D eigenvalue weighted by molar-refractivity contribution is 0.0988. The summed E-state index contributed by atoms with van der Waals surface area (Å²) in [6, 6.07) is 1.24. The fourth-order valence-corrected chi connectivity index (χ4v) is 2.05. The number of carbonyl (C=O) groups excluding carboxylic acids is 1. The van der Waals surface area contributed by atoms with Gasteiger partial charge in [0.15, 0.2) is 21.4 Å². The fraction of sp³-hybridized carbons (Fsp3) is 0.300. The summed E-state index contributed by atoms with van der Waals surface area (Å²) >= 11 is 0. The van der Waals surface area contributed by atoms with E-state index in [0.29, 0.717) is 12.1 Å². The molecule has 0 spiro atoms. The van der Waals surface area contributed by atoms with Crippen molar-refractivity contribution in [2.75, 3.05) is 19.8 Å². The maximum atomic E-state index is 13.7. The topological polar surface area (TPSA) is 63.2 Å². The highest BCUT2D eigenvalue weighted by atomic mass is 32.2. The molecule has 0 saturated carbocycles. The van der Waals surface area contributed by atoms with Crippen LogP contribution in [0.25, 0.3) is 0 Å². The molecule has 0 bridgehead atoms. The molecule has 0 heterocycles. The lowest BCUT2D eigenvalue weighted by Crippen LogP contribution is -2.20. The fourth-order valence-electron chi connectivity index (χ4n) is 1.29. The largest absolute Gasteiger partial charge is 0.313 e. The molecule has 0 radical (unpaired) electrons. The van der Waals surface area contributed by atoms with Crippen LogP contribution < -0.4 is 5.32 Å². The number of benzene rings is 1. The molecule has 94 valence electrons. The number of Topliss-reactive ketones (excluding diaryl/α,β-unsaturated/α-hetero) is 1. The van der Waals surface area contributed by atoms with Gasteiger partial charge in [0.25, 0.3) is 0 Å². The van der Waals surface area contributed by atoms with Gasteiger partial charge in [-0.2, -0.15) is 0 Å². The van der Waals surface area contributed by atoms with Gasteiger partial charge in [0.2, 0.25) is 0 Å². The summed E-state index contributed by atoms with van der Waals surface area (Å²) in [7, 11) is -2.45. The Morgan fingerprint density at radius 2 is 1.94 bits per heavy atom. The molecule has 0 aromatic heterocycles. The van der Waals surface area contributed by atoms with Gasteiger partial charge in [-0.3, -0.25) is 4.79 Å². The standard InChI is InChI=1S/C10H11F2NO3S/c1-13-5-8(14)7-3-6(11)4-9(10(7)12)17(2,15)16/h3-4,13H,5H2,1-2H3. The summed E-state index contributed by atoms with van der Waals surface area (Å²) in [6.45, 7) is -0.205. The minimum absolute atomic E-state index is 0.205. The van der Waals surface area contributed by atoms with E-state index in [4.69, 9.17) is 0 Å². The zero-order valence-electron chi connectivity index (χ0n) is 9.25. The number of nitrogens with one attached hydrogen (secondary N) is 1. The molecule has 0 amide bonds. The summed E-state index contributed by atoms with van der Waals surface area (Å²) in [6.07, 6.45) is 0.747. The van der Waals surface area contributed by atoms with E-state index in [0.717, 1.165) is 6.26 Å². The van der Waals surface area contributed by atoms with Crippen LogP contribution >= 0.6 is 0 Å². The molecular weight excluding hydrogens is 252 g/mol. The van der Waals surface area contributed by atoms with Crippen molar-refractivity contribution in [3.8, 4) is 0 Å². The molecule has 0 aliphatic heterocycles. The highest BCUT2D eigenvalue weighted by Crippen LogP contribution is 2.20. The molecule has 0 aliphatic carbocycles. The van der Waals surface area contributed by atoms with Crippen molar-refractivity contribution in [1.29, 1.82) is 0 Å². The van der Waals surface area contributed by atoms with Crippen LogP contribution in [-0.2, 0) is 9.84 Å². The van der Waals surface area contributed by atoms with E-state index in [1.165, 1.54) is 7.05 Å². The molecule has 0 saturated heterocycles. The molecule has 0 fully saturated rings. The third kappa shape index (κ3) is 3.07. The van der Waals surface area contributed by atoms with Crippen molar-refractivity contribution < 1.29 is 22.0 Å². The first kappa shape index (κ1) is 13.7. The van der Waals surface area contributed by atoms with E-state index < -0.39 is 37.7 Å². The van der Waals surface area contributed by atoms with Crippen molar-refractivity contribution in [3.05, 3.63) is 29.3 Å². The van der Waals surface area contributed by atoms with Gasteiger partial charge in [-0.15, -0.1) is 0 Å². The molecule has 7 heteroatoms. The Morgan fingerprint density at radius 1 is 1.35 bits per heavy atom. The van der Waals surface area contributed by atoms with E-state index in [1.807, 2.05) is 0 Å². The Labute approximate surface area is 97.6 Å². The van der Waals surface area contributed by atoms with E-state index in [9.17, 15) is 22.0 Å². The van der Waals surface area contributed by atoms with Crippen LogP contribution in [0.5, 0.6) is 0 Å². The molecule has 1 aromatic carbocycles. The molecule has 1 rings (SSSR count). The van der Waals surface area contributed by atoms with Gasteiger partial charge in [0.1, 0.15) is 10.7 Å². The maximum Gasteiger partial charge on any atom is 0.179 e. The molecule has 0 unspecified atom stereocenters. The molecule has 0 atom stereocenters. The van der Waals surface area contributed by atoms with Gasteiger partial charge in [-0.1, -0.05) is 0 Å². The maximum absolute atomic E-state index is 13.7. The summed E-state index contributed by atoms with van der Waals surface area (Å²) in [5.41, 5.74) is -0.570. The number of hydrogen-bond donors (Lipinski definition) is 1. The lowest BCUT2D eigenvalue weighted by atomic mass is 10.1. The Morgan fingerprint density at radius 3 is 2.41 bits per heavy atom. The van der Waals surface area contributed by atoms with Crippen molar-refractivity contribution in [2.45, 2.75) is 4.90 Å². The second kappa shape index (κ2) is 4.89. The third-order valence-corrected chi connectivity index (χ3v) is 3.14. The molecule has 1 N–H and O–H groups in total. The number of sulfone groups is 1. The van der Waals surface area contributed by atoms with Crippen molar-refractivity contribution in [3.63, 3.8) is 0 Å². The van der Waals surface area contributed by atoms with Gasteiger partial charge in [0, 0.05) is 6.26 Å². The van der Waals surface area contributed by atoms with Gasteiger partial charge >= 0.3 is 0 Å². The zero-order valence-corrected chi connectivity index (χ0v) is 10.1. The van der Waals surface area contributed by atoms with Gasteiger partial charge in [0.05, 0.1) is 12.1 Å². The molecule has 1 aromatic rings. The monoisotopic (exact) mass is 263 g/mol. The number of carbonyl (C=O) groups is 1. The lowest BCUT2D eigenvalue weighted by Gasteiger charge is -2.06. The van der Waals surface area contributed by atoms with Crippen LogP contribution in [0.3, 0.4) is 0 Å². The minimum atomic E-state index is -3.91. The second-order valence-corrected chi connectivity index (χ2v) is 5.48. The Kier molecular flexibility index (Phi) is 3.94. The van der Waals surface area contributed by atoms with Crippen LogP contribution in [0.4, 0.5) is 8.78 Å². The van der Waals surface area contributed by atoms with E-state index in [-0.39, 0.29) is 6.54 Å². The molecular formula is C10H11F2NO3S. The molecule has 4 nitrogen and oxygen atoms in total.